The maximum atomic E-state index is 14.2. The number of likely N-dealkylation sites (tertiary alicyclic amines) is 1. The van der Waals surface area contributed by atoms with Crippen LogP contribution in [0, 0.1) is 22.7 Å². The molecule has 288 valence electrons. The molecule has 14 nitrogen and oxygen atoms in total. The van der Waals surface area contributed by atoms with Crippen molar-refractivity contribution in [3.8, 4) is 0 Å². The number of likely N-dealkylation sites (N-methyl/N-ethyl adjacent to an activating group) is 1. The van der Waals surface area contributed by atoms with Gasteiger partial charge in [0.15, 0.2) is 0 Å². The molecule has 0 bridgehead atoms. The minimum atomic E-state index is -1.20. The van der Waals surface area contributed by atoms with Gasteiger partial charge >= 0.3 is 6.03 Å². The van der Waals surface area contributed by atoms with E-state index in [4.69, 9.17) is 0 Å². The van der Waals surface area contributed by atoms with E-state index < -0.39 is 77.1 Å². The van der Waals surface area contributed by atoms with Gasteiger partial charge in [-0.3, -0.25) is 28.8 Å². The van der Waals surface area contributed by atoms with Gasteiger partial charge in [-0.2, -0.15) is 0 Å². The van der Waals surface area contributed by atoms with Crippen LogP contribution in [0.3, 0.4) is 0 Å². The Hall–Kier alpha value is -4.49. The molecule has 1 aromatic rings. The third-order valence-corrected chi connectivity index (χ3v) is 9.88. The predicted octanol–water partition coefficient (Wildman–Crippen LogP) is 2.29. The summed E-state index contributed by atoms with van der Waals surface area (Å²) < 4.78 is 0. The first-order valence-corrected chi connectivity index (χ1v) is 18.1. The first-order chi connectivity index (χ1) is 24.0. The number of fused-ring (bicyclic) bond motifs is 1. The van der Waals surface area contributed by atoms with Gasteiger partial charge in [-0.15, -0.1) is 0 Å². The average Bonchev–Trinajstić information content (AvgIpc) is 3.35. The fourth-order valence-electron chi connectivity index (χ4n) is 6.88. The molecule has 1 saturated heterocycles. The molecule has 0 aromatic heterocycles. The zero-order valence-electron chi connectivity index (χ0n) is 32.6. The second-order valence-corrected chi connectivity index (χ2v) is 16.9. The Bertz CT molecular complexity index is 1510. The number of piperidine rings is 1. The van der Waals surface area contributed by atoms with E-state index in [1.54, 1.807) is 44.4 Å². The number of hydrogen-bond acceptors (Lipinski definition) is 7. The van der Waals surface area contributed by atoms with Gasteiger partial charge in [0.05, 0.1) is 12.6 Å². The summed E-state index contributed by atoms with van der Waals surface area (Å²) >= 11 is 0. The van der Waals surface area contributed by atoms with Crippen LogP contribution in [-0.4, -0.2) is 102 Å². The number of carbonyl (C=O) groups is 7. The number of urea groups is 1. The topological polar surface area (TPSA) is 186 Å². The molecule has 1 saturated carbocycles. The van der Waals surface area contributed by atoms with Crippen LogP contribution in [0.25, 0.3) is 0 Å². The van der Waals surface area contributed by atoms with Crippen molar-refractivity contribution in [1.29, 1.82) is 0 Å². The van der Waals surface area contributed by atoms with E-state index in [1.165, 1.54) is 9.80 Å². The second kappa shape index (κ2) is 16.5. The van der Waals surface area contributed by atoms with Crippen molar-refractivity contribution in [3.63, 3.8) is 0 Å². The second-order valence-electron chi connectivity index (χ2n) is 16.9. The fraction of sp³-hybridized carbons (Fsp3) is 0.658. The monoisotopic (exact) mass is 725 g/mol. The first-order valence-electron chi connectivity index (χ1n) is 18.1. The number of benzene rings is 1. The van der Waals surface area contributed by atoms with Gasteiger partial charge in [-0.1, -0.05) is 84.7 Å². The Morgan fingerprint density at radius 1 is 0.923 bits per heavy atom. The van der Waals surface area contributed by atoms with Gasteiger partial charge in [-0.25, -0.2) is 4.79 Å². The summed E-state index contributed by atoms with van der Waals surface area (Å²) in [4.78, 5) is 96.4. The molecule has 1 aliphatic heterocycles. The molecule has 0 spiro atoms. The van der Waals surface area contributed by atoms with Gasteiger partial charge in [-0.05, 0) is 55.4 Å². The van der Waals surface area contributed by atoms with Crippen molar-refractivity contribution in [2.75, 3.05) is 27.2 Å². The number of nitrogens with zero attached hydrogens (tertiary/aromatic N) is 2. The van der Waals surface area contributed by atoms with Crippen LogP contribution in [0.1, 0.15) is 93.2 Å². The van der Waals surface area contributed by atoms with Crippen LogP contribution in [-0.2, 0) is 28.8 Å². The van der Waals surface area contributed by atoms with E-state index in [0.717, 1.165) is 0 Å². The molecule has 0 radical (unpaired) electrons. The number of rotatable bonds is 14. The lowest BCUT2D eigenvalue weighted by atomic mass is 9.85. The van der Waals surface area contributed by atoms with Crippen molar-refractivity contribution in [3.05, 3.63) is 35.9 Å². The van der Waals surface area contributed by atoms with Crippen LogP contribution in [0.4, 0.5) is 4.79 Å². The number of Topliss-reactive ketones (excluding diaryl/α,β-unsaturated/α-hetero) is 1. The molecule has 3 rings (SSSR count). The number of amides is 7. The number of carbonyl (C=O) groups excluding carboxylic acids is 7. The highest BCUT2D eigenvalue weighted by Crippen LogP contribution is 2.65. The molecule has 1 unspecified atom stereocenters. The van der Waals surface area contributed by atoms with E-state index in [0.29, 0.717) is 24.9 Å². The van der Waals surface area contributed by atoms with Crippen LogP contribution in [0.5, 0.6) is 0 Å². The lowest BCUT2D eigenvalue weighted by Crippen LogP contribution is -2.62. The van der Waals surface area contributed by atoms with Crippen molar-refractivity contribution in [2.45, 2.75) is 111 Å². The minimum absolute atomic E-state index is 0.0434. The molecular formula is C38H59N7O7. The Morgan fingerprint density at radius 3 is 2.08 bits per heavy atom. The van der Waals surface area contributed by atoms with Crippen LogP contribution < -0.4 is 26.6 Å². The molecule has 1 aromatic carbocycles. The Kier molecular flexibility index (Phi) is 13.3. The van der Waals surface area contributed by atoms with E-state index in [-0.39, 0.29) is 29.6 Å². The highest BCUT2D eigenvalue weighted by Gasteiger charge is 2.70. The molecular weight excluding hydrogens is 666 g/mol. The molecule has 1 aliphatic carbocycles. The zero-order valence-corrected chi connectivity index (χ0v) is 32.6. The van der Waals surface area contributed by atoms with Gasteiger partial charge in [0, 0.05) is 26.2 Å². The summed E-state index contributed by atoms with van der Waals surface area (Å²) in [6.07, 6.45) is 1.39. The Balaban J connectivity index is 1.76. The highest BCUT2D eigenvalue weighted by molar-refractivity contribution is 6.38. The Morgan fingerprint density at radius 2 is 1.54 bits per heavy atom. The number of unbranched alkanes of at least 4 members (excludes halogenated alkanes) is 1. The zero-order chi connectivity index (χ0) is 39.3. The normalized spacial score (nSPS) is 20.7. The fourth-order valence-corrected chi connectivity index (χ4v) is 6.88. The van der Waals surface area contributed by atoms with Crippen LogP contribution in [0.2, 0.25) is 0 Å². The molecule has 7 amide bonds. The van der Waals surface area contributed by atoms with Crippen molar-refractivity contribution in [2.24, 2.45) is 22.7 Å². The summed E-state index contributed by atoms with van der Waals surface area (Å²) in [6, 6.07) is 4.08. The van der Waals surface area contributed by atoms with Crippen molar-refractivity contribution < 1.29 is 33.6 Å². The molecule has 14 heteroatoms. The van der Waals surface area contributed by atoms with E-state index >= 15 is 0 Å². The maximum Gasteiger partial charge on any atom is 0.315 e. The van der Waals surface area contributed by atoms with E-state index in [9.17, 15) is 33.6 Å². The van der Waals surface area contributed by atoms with Gasteiger partial charge in [0.2, 0.25) is 29.4 Å². The summed E-state index contributed by atoms with van der Waals surface area (Å²) in [5.74, 6) is -4.12. The van der Waals surface area contributed by atoms with Gasteiger partial charge in [0.25, 0.3) is 5.91 Å². The highest BCUT2D eigenvalue weighted by atomic mass is 16.2. The summed E-state index contributed by atoms with van der Waals surface area (Å²) in [6.45, 7) is 16.7. The lowest BCUT2D eigenvalue weighted by molar-refractivity contribution is -0.145. The molecule has 1 heterocycles. The smallest absolute Gasteiger partial charge is 0.315 e. The van der Waals surface area contributed by atoms with Crippen molar-refractivity contribution >= 4 is 41.4 Å². The van der Waals surface area contributed by atoms with E-state index in [2.05, 4.69) is 26.6 Å². The van der Waals surface area contributed by atoms with Gasteiger partial charge < -0.3 is 36.4 Å². The summed E-state index contributed by atoms with van der Waals surface area (Å²) in [7, 11) is 3.13. The van der Waals surface area contributed by atoms with E-state index in [1.807, 2.05) is 62.3 Å². The average molecular weight is 726 g/mol. The van der Waals surface area contributed by atoms with Crippen LogP contribution in [0.15, 0.2) is 30.3 Å². The minimum Gasteiger partial charge on any atom is -0.347 e. The molecule has 52 heavy (non-hydrogen) atoms. The quantitative estimate of drug-likeness (QED) is 0.182. The van der Waals surface area contributed by atoms with Crippen LogP contribution >= 0.6 is 0 Å². The predicted molar refractivity (Wildman–Crippen MR) is 196 cm³/mol. The number of nitrogens with one attached hydrogen (secondary N) is 5. The molecule has 6 atom stereocenters. The largest absolute Gasteiger partial charge is 0.347 e. The lowest BCUT2D eigenvalue weighted by Gasteiger charge is -2.38. The maximum absolute atomic E-state index is 14.2. The summed E-state index contributed by atoms with van der Waals surface area (Å²) in [5.41, 5.74) is -0.909. The standard InChI is InChI=1S/C38H59N7O7/c1-12-13-19-24(29(47)32(49)39-20-25(46)41-27(33(50)44(10)11)22-17-15-14-16-18-22)40-31(48)28-26-23(38(26,8)9)21-45(28)34(51)30(36(2,3)4)42-35(52)43-37(5,6)7/h14-18,23-24,26-28,30H,12-13,19-21H2,1-11H3,(H,39,49)(H,40,48)(H,41,46)(H2,42,43,52)/t23-,24?,26-,27+,28+,30-/m1/s1. The molecule has 2 aliphatic rings. The third-order valence-electron chi connectivity index (χ3n) is 9.88. The van der Waals surface area contributed by atoms with Crippen molar-refractivity contribution in [1.82, 2.24) is 36.4 Å². The number of ketones is 1. The number of hydrogen-bond donors (Lipinski definition) is 5. The molecule has 5 N–H and O–H groups in total. The SMILES string of the molecule is CCCCC(NC(=O)[C@@H]1[C@H]2[C@@H](CN1C(=O)[C@@H](NC(=O)NC(C)(C)C)C(C)(C)C)C2(C)C)C(=O)C(=O)NCC(=O)N[C@H](C(=O)N(C)C)c1ccccc1. The molecule has 2 fully saturated rings. The van der Waals surface area contributed by atoms with Gasteiger partial charge in [0.1, 0.15) is 18.1 Å². The third kappa shape index (κ3) is 10.3. The first kappa shape index (κ1) is 41.9. The summed E-state index contributed by atoms with van der Waals surface area (Å²) in [5, 5.41) is 13.4. The Labute approximate surface area is 307 Å².